The zero-order valence-corrected chi connectivity index (χ0v) is 13.8. The number of rotatable bonds is 2. The monoisotopic (exact) mass is 312 g/mol. The van der Waals surface area contributed by atoms with Crippen molar-refractivity contribution >= 4 is 11.1 Å². The molecule has 0 saturated heterocycles. The van der Waals surface area contributed by atoms with Crippen molar-refractivity contribution in [3.63, 3.8) is 0 Å². The van der Waals surface area contributed by atoms with Crippen molar-refractivity contribution < 1.29 is 4.74 Å². The molecule has 2 nitrogen and oxygen atoms in total. The van der Waals surface area contributed by atoms with Crippen LogP contribution in [0.15, 0.2) is 58.3 Å². The van der Waals surface area contributed by atoms with Crippen LogP contribution in [0.3, 0.4) is 0 Å². The van der Waals surface area contributed by atoms with Crippen LogP contribution in [0.4, 0.5) is 0 Å². The van der Waals surface area contributed by atoms with Gasteiger partial charge in [0.2, 0.25) is 9.79 Å². The van der Waals surface area contributed by atoms with E-state index in [-0.39, 0.29) is 11.1 Å². The summed E-state index contributed by atoms with van der Waals surface area (Å²) < 4.78 is 8.74. The van der Waals surface area contributed by atoms with Gasteiger partial charge in [0, 0.05) is 7.05 Å². The molecule has 2 aromatic rings. The Hall–Kier alpha value is -1.45. The molecular weight excluding hydrogens is 290 g/mol. The van der Waals surface area contributed by atoms with Gasteiger partial charge in [-0.25, -0.2) is 0 Å². The number of nitrogens with zero attached hydrogens (tertiary/aromatic N) is 1. The first-order valence-electron chi connectivity index (χ1n) is 8.18. The average Bonchev–Trinajstić information content (AvgIpc) is 2.60. The molecule has 0 radical (unpaired) electrons. The zero-order valence-electron chi connectivity index (χ0n) is 13.0. The van der Waals surface area contributed by atoms with Gasteiger partial charge >= 0.3 is 0 Å². The number of para-hydroxylation sites is 2. The Balaban J connectivity index is 1.77. The molecule has 0 bridgehead atoms. The summed E-state index contributed by atoms with van der Waals surface area (Å²) in [6.45, 7) is 0. The predicted molar refractivity (Wildman–Crippen MR) is 91.5 cm³/mol. The third-order valence-electron chi connectivity index (χ3n) is 4.71. The van der Waals surface area contributed by atoms with Crippen molar-refractivity contribution in [1.29, 1.82) is 0 Å². The van der Waals surface area contributed by atoms with Crippen molar-refractivity contribution in [3.05, 3.63) is 48.5 Å². The average molecular weight is 312 g/mol. The summed E-state index contributed by atoms with van der Waals surface area (Å²) in [5.41, 5.74) is 0. The third kappa shape index (κ3) is 2.42. The molecule has 2 aromatic carbocycles. The lowest BCUT2D eigenvalue weighted by atomic mass is 9.96. The molecule has 4 rings (SSSR count). The highest BCUT2D eigenvalue weighted by Crippen LogP contribution is 2.45. The van der Waals surface area contributed by atoms with Crippen LogP contribution < -0.4 is 4.74 Å². The second-order valence-corrected chi connectivity index (χ2v) is 8.14. The Labute approximate surface area is 135 Å². The molecule has 0 aromatic heterocycles. The molecule has 2 aliphatic rings. The van der Waals surface area contributed by atoms with Crippen LogP contribution in [0.1, 0.15) is 32.1 Å². The van der Waals surface area contributed by atoms with E-state index in [0.717, 1.165) is 11.5 Å². The minimum absolute atomic E-state index is 0.0285. The van der Waals surface area contributed by atoms with Crippen LogP contribution in [0, 0.1) is 0 Å². The van der Waals surface area contributed by atoms with Gasteiger partial charge in [-0.1, -0.05) is 43.5 Å². The quantitative estimate of drug-likeness (QED) is 0.723. The van der Waals surface area contributed by atoms with E-state index in [4.69, 9.17) is 4.74 Å². The minimum Gasteiger partial charge on any atom is -0.447 e. The molecule has 0 atom stereocenters. The zero-order chi connectivity index (χ0) is 14.9. The summed E-state index contributed by atoms with van der Waals surface area (Å²) in [5.74, 6) is 2.04. The molecule has 114 valence electrons. The van der Waals surface area contributed by atoms with Crippen LogP contribution >= 0.6 is 0 Å². The number of hydrogen-bond donors (Lipinski definition) is 0. The molecule has 1 fully saturated rings. The van der Waals surface area contributed by atoms with Gasteiger partial charge in [0.15, 0.2) is 22.6 Å². The number of benzene rings is 2. The lowest BCUT2D eigenvalue weighted by Gasteiger charge is -2.31. The van der Waals surface area contributed by atoms with Gasteiger partial charge < -0.3 is 4.74 Å². The van der Waals surface area contributed by atoms with E-state index < -0.39 is 0 Å². The van der Waals surface area contributed by atoms with E-state index in [1.807, 2.05) is 0 Å². The van der Waals surface area contributed by atoms with Crippen molar-refractivity contribution in [1.82, 2.24) is 4.31 Å². The second kappa shape index (κ2) is 5.98. The summed E-state index contributed by atoms with van der Waals surface area (Å²) in [5, 5.41) is 0. The van der Waals surface area contributed by atoms with Gasteiger partial charge in [0.1, 0.15) is 0 Å². The van der Waals surface area contributed by atoms with Gasteiger partial charge in [-0.2, -0.15) is 0 Å². The van der Waals surface area contributed by atoms with Crippen molar-refractivity contribution in [2.45, 2.75) is 47.9 Å². The predicted octanol–water partition coefficient (Wildman–Crippen LogP) is 5.01. The maximum atomic E-state index is 6.13. The molecule has 0 amide bonds. The largest absolute Gasteiger partial charge is 0.447 e. The van der Waals surface area contributed by atoms with Crippen LogP contribution in [-0.4, -0.2) is 17.4 Å². The Bertz CT molecular complexity index is 620. The Morgan fingerprint density at radius 2 is 1.41 bits per heavy atom. The van der Waals surface area contributed by atoms with Crippen LogP contribution in [0.5, 0.6) is 11.5 Å². The van der Waals surface area contributed by atoms with E-state index in [9.17, 15) is 0 Å². The fourth-order valence-electron chi connectivity index (χ4n) is 3.53. The van der Waals surface area contributed by atoms with Gasteiger partial charge in [-0.3, -0.25) is 0 Å². The van der Waals surface area contributed by atoms with E-state index in [0.29, 0.717) is 6.04 Å². The van der Waals surface area contributed by atoms with Crippen LogP contribution in [0.25, 0.3) is 0 Å². The number of hydrogen-bond acceptors (Lipinski definition) is 2. The van der Waals surface area contributed by atoms with E-state index in [1.54, 1.807) is 0 Å². The molecule has 1 saturated carbocycles. The lowest BCUT2D eigenvalue weighted by Crippen LogP contribution is -2.39. The van der Waals surface area contributed by atoms with E-state index >= 15 is 0 Å². The van der Waals surface area contributed by atoms with Gasteiger partial charge in [-0.15, -0.1) is 4.31 Å². The maximum absolute atomic E-state index is 6.13. The molecule has 1 aliphatic carbocycles. The molecule has 22 heavy (non-hydrogen) atoms. The topological polar surface area (TPSA) is 12.5 Å². The third-order valence-corrected chi connectivity index (χ3v) is 7.09. The summed E-state index contributed by atoms with van der Waals surface area (Å²) in [7, 11) is 2.30. The Kier molecular flexibility index (Phi) is 3.85. The normalized spacial score (nSPS) is 18.6. The first-order valence-corrected chi connectivity index (χ1v) is 9.36. The summed E-state index contributed by atoms with van der Waals surface area (Å²) in [4.78, 5) is 2.66. The first kappa shape index (κ1) is 14.2. The van der Waals surface area contributed by atoms with E-state index in [2.05, 4.69) is 59.9 Å². The Morgan fingerprint density at radius 3 is 2.00 bits per heavy atom. The number of ether oxygens (including phenoxy) is 1. The summed E-state index contributed by atoms with van der Waals surface area (Å²) in [6.07, 6.45) is 6.78. The van der Waals surface area contributed by atoms with Gasteiger partial charge in [0.05, 0.1) is 6.04 Å². The standard InChI is InChI=1S/C19H22NOS/c1-20(15-9-3-2-4-10-15)22-18-13-7-5-11-16(18)21-17-12-6-8-14-19(17)22/h5-8,11-15H,2-4,9-10H2,1H3/q+1. The highest BCUT2D eigenvalue weighted by atomic mass is 32.2. The molecule has 0 N–H and O–H groups in total. The summed E-state index contributed by atoms with van der Waals surface area (Å²) in [6, 6.07) is 17.7. The lowest BCUT2D eigenvalue weighted by molar-refractivity contribution is 0.298. The minimum atomic E-state index is -0.0285. The highest BCUT2D eigenvalue weighted by Gasteiger charge is 2.43. The molecule has 3 heteroatoms. The number of fused-ring (bicyclic) bond motifs is 2. The Morgan fingerprint density at radius 1 is 0.864 bits per heavy atom. The molecular formula is C19H22NOS+. The van der Waals surface area contributed by atoms with Crippen molar-refractivity contribution in [2.24, 2.45) is 0 Å². The fourth-order valence-corrected chi connectivity index (χ4v) is 5.91. The van der Waals surface area contributed by atoms with Gasteiger partial charge in [-0.05, 0) is 37.1 Å². The maximum Gasteiger partial charge on any atom is 0.224 e. The first-order chi connectivity index (χ1) is 10.8. The van der Waals surface area contributed by atoms with E-state index in [1.165, 1.54) is 41.9 Å². The smallest absolute Gasteiger partial charge is 0.224 e. The van der Waals surface area contributed by atoms with Gasteiger partial charge in [0.25, 0.3) is 0 Å². The fraction of sp³-hybridized carbons (Fsp3) is 0.368. The highest BCUT2D eigenvalue weighted by molar-refractivity contribution is 7.95. The van der Waals surface area contributed by atoms with Crippen molar-refractivity contribution in [2.75, 3.05) is 7.05 Å². The van der Waals surface area contributed by atoms with Crippen LogP contribution in [-0.2, 0) is 11.1 Å². The summed E-state index contributed by atoms with van der Waals surface area (Å²) >= 11 is -0.0285. The van der Waals surface area contributed by atoms with Crippen LogP contribution in [0.2, 0.25) is 0 Å². The molecule has 1 heterocycles. The van der Waals surface area contributed by atoms with Crippen molar-refractivity contribution in [3.8, 4) is 11.5 Å². The second-order valence-electron chi connectivity index (χ2n) is 6.12. The molecule has 0 spiro atoms. The molecule has 0 unspecified atom stereocenters. The SMILES string of the molecule is CN(C1CCCCC1)[S+]1c2ccccc2Oc2ccccc21. The molecule has 1 aliphatic heterocycles.